The average Bonchev–Trinajstić information content (AvgIpc) is 3.18. The van der Waals surface area contributed by atoms with E-state index in [9.17, 15) is 0 Å². The quantitative estimate of drug-likeness (QED) is 0.564. The minimum atomic E-state index is 0.669. The van der Waals surface area contributed by atoms with Crippen molar-refractivity contribution in [2.24, 2.45) is 4.99 Å². The number of ether oxygens (including phenoxy) is 2. The molecule has 1 aromatic heterocycles. The van der Waals surface area contributed by atoms with E-state index in [2.05, 4.69) is 32.0 Å². The Morgan fingerprint density at radius 2 is 2.04 bits per heavy atom. The normalized spacial score (nSPS) is 14.6. The Balaban J connectivity index is 1.43. The standard InChI is InChI=1S/C20H28N4O2S/c1-21-20(23-13-15-4-5-17(25-2)18(12-15)26-3)22-8-10-24-9-6-19-16(14-24)7-11-27-19/h4-5,7,11-12H,6,8-10,13-14H2,1-3H3,(H2,21,22,23). The van der Waals surface area contributed by atoms with Crippen molar-refractivity contribution in [1.82, 2.24) is 15.5 Å². The Kier molecular flexibility index (Phi) is 6.95. The van der Waals surface area contributed by atoms with Crippen LogP contribution in [0.1, 0.15) is 16.0 Å². The van der Waals surface area contributed by atoms with Gasteiger partial charge in [-0.05, 0) is 41.1 Å². The highest BCUT2D eigenvalue weighted by molar-refractivity contribution is 7.10. The van der Waals surface area contributed by atoms with E-state index in [0.29, 0.717) is 6.54 Å². The number of hydrogen-bond donors (Lipinski definition) is 2. The molecule has 2 heterocycles. The number of nitrogens with zero attached hydrogens (tertiary/aromatic N) is 2. The van der Waals surface area contributed by atoms with Crippen LogP contribution in [0.5, 0.6) is 11.5 Å². The lowest BCUT2D eigenvalue weighted by atomic mass is 10.1. The van der Waals surface area contributed by atoms with Crippen LogP contribution < -0.4 is 20.1 Å². The molecule has 1 aromatic carbocycles. The molecule has 0 amide bonds. The van der Waals surface area contributed by atoms with Crippen molar-refractivity contribution in [2.45, 2.75) is 19.5 Å². The molecule has 0 saturated heterocycles. The minimum Gasteiger partial charge on any atom is -0.493 e. The molecule has 7 heteroatoms. The fourth-order valence-electron chi connectivity index (χ4n) is 3.23. The van der Waals surface area contributed by atoms with E-state index >= 15 is 0 Å². The first kappa shape index (κ1) is 19.5. The van der Waals surface area contributed by atoms with Crippen LogP contribution in [-0.2, 0) is 19.5 Å². The van der Waals surface area contributed by atoms with Gasteiger partial charge in [0.15, 0.2) is 17.5 Å². The Bertz CT molecular complexity index is 775. The number of fused-ring (bicyclic) bond motifs is 1. The molecule has 146 valence electrons. The molecule has 0 fully saturated rings. The highest BCUT2D eigenvalue weighted by Gasteiger charge is 2.16. The second-order valence-corrected chi connectivity index (χ2v) is 7.44. The van der Waals surface area contributed by atoms with Gasteiger partial charge in [-0.25, -0.2) is 0 Å². The molecule has 1 aliphatic heterocycles. The van der Waals surface area contributed by atoms with Gasteiger partial charge in [-0.15, -0.1) is 11.3 Å². The Hall–Kier alpha value is -2.25. The molecule has 0 atom stereocenters. The van der Waals surface area contributed by atoms with Gasteiger partial charge in [-0.3, -0.25) is 9.89 Å². The van der Waals surface area contributed by atoms with Crippen molar-refractivity contribution >= 4 is 17.3 Å². The molecular weight excluding hydrogens is 360 g/mol. The minimum absolute atomic E-state index is 0.669. The first-order valence-corrected chi connectivity index (χ1v) is 10.0. The molecule has 0 saturated carbocycles. The molecule has 0 unspecified atom stereocenters. The molecule has 1 aliphatic rings. The van der Waals surface area contributed by atoms with Gasteiger partial charge < -0.3 is 20.1 Å². The van der Waals surface area contributed by atoms with Crippen molar-refractivity contribution in [3.63, 3.8) is 0 Å². The van der Waals surface area contributed by atoms with Crippen LogP contribution in [0, 0.1) is 0 Å². The van der Waals surface area contributed by atoms with Crippen LogP contribution in [0.15, 0.2) is 34.6 Å². The molecule has 6 nitrogen and oxygen atoms in total. The number of guanidine groups is 1. The second-order valence-electron chi connectivity index (χ2n) is 6.44. The van der Waals surface area contributed by atoms with E-state index in [1.807, 2.05) is 29.5 Å². The van der Waals surface area contributed by atoms with Crippen LogP contribution in [0.2, 0.25) is 0 Å². The third-order valence-corrected chi connectivity index (χ3v) is 5.76. The van der Waals surface area contributed by atoms with Crippen LogP contribution in [0.4, 0.5) is 0 Å². The van der Waals surface area contributed by atoms with Gasteiger partial charge in [-0.2, -0.15) is 0 Å². The number of thiophene rings is 1. The summed E-state index contributed by atoms with van der Waals surface area (Å²) >= 11 is 1.88. The van der Waals surface area contributed by atoms with E-state index in [-0.39, 0.29) is 0 Å². The fourth-order valence-corrected chi connectivity index (χ4v) is 4.12. The van der Waals surface area contributed by atoms with Gasteiger partial charge >= 0.3 is 0 Å². The zero-order valence-corrected chi connectivity index (χ0v) is 17.1. The summed E-state index contributed by atoms with van der Waals surface area (Å²) in [5.41, 5.74) is 2.60. The summed E-state index contributed by atoms with van der Waals surface area (Å²) in [7, 11) is 5.08. The maximum absolute atomic E-state index is 5.36. The lowest BCUT2D eigenvalue weighted by molar-refractivity contribution is 0.260. The van der Waals surface area contributed by atoms with Crippen molar-refractivity contribution in [3.8, 4) is 11.5 Å². The molecule has 27 heavy (non-hydrogen) atoms. The van der Waals surface area contributed by atoms with Gasteiger partial charge in [0.25, 0.3) is 0 Å². The predicted octanol–water partition coefficient (Wildman–Crippen LogP) is 2.49. The Labute approximate surface area is 165 Å². The summed E-state index contributed by atoms with van der Waals surface area (Å²) in [4.78, 5) is 8.35. The third-order valence-electron chi connectivity index (χ3n) is 4.74. The van der Waals surface area contributed by atoms with Crippen LogP contribution in [0.3, 0.4) is 0 Å². The molecule has 3 rings (SSSR count). The van der Waals surface area contributed by atoms with Crippen molar-refractivity contribution < 1.29 is 9.47 Å². The van der Waals surface area contributed by atoms with Gasteiger partial charge in [0.05, 0.1) is 14.2 Å². The summed E-state index contributed by atoms with van der Waals surface area (Å²) in [6, 6.07) is 8.17. The lowest BCUT2D eigenvalue weighted by Gasteiger charge is -2.27. The predicted molar refractivity (Wildman–Crippen MR) is 111 cm³/mol. The number of nitrogens with one attached hydrogen (secondary N) is 2. The Morgan fingerprint density at radius 1 is 1.19 bits per heavy atom. The van der Waals surface area contributed by atoms with Gasteiger partial charge in [-0.1, -0.05) is 6.07 Å². The van der Waals surface area contributed by atoms with E-state index in [1.165, 1.54) is 12.0 Å². The first-order chi connectivity index (χ1) is 13.2. The van der Waals surface area contributed by atoms with Crippen LogP contribution in [-0.4, -0.2) is 51.8 Å². The molecule has 0 aliphatic carbocycles. The van der Waals surface area contributed by atoms with Gasteiger partial charge in [0.2, 0.25) is 0 Å². The van der Waals surface area contributed by atoms with Gasteiger partial charge in [0.1, 0.15) is 0 Å². The van der Waals surface area contributed by atoms with Crippen molar-refractivity contribution in [2.75, 3.05) is 40.9 Å². The summed E-state index contributed by atoms with van der Waals surface area (Å²) < 4.78 is 10.6. The van der Waals surface area contributed by atoms with Crippen LogP contribution >= 0.6 is 11.3 Å². The summed E-state index contributed by atoms with van der Waals surface area (Å²) in [6.45, 7) is 4.73. The first-order valence-electron chi connectivity index (χ1n) is 9.16. The molecule has 0 bridgehead atoms. The SMILES string of the molecule is CN=C(NCCN1CCc2sccc2C1)NCc1ccc(OC)c(OC)c1. The van der Waals surface area contributed by atoms with E-state index in [4.69, 9.17) is 9.47 Å². The summed E-state index contributed by atoms with van der Waals surface area (Å²) in [5, 5.41) is 8.95. The summed E-state index contributed by atoms with van der Waals surface area (Å²) in [6.07, 6.45) is 1.17. The molecule has 2 aromatic rings. The monoisotopic (exact) mass is 388 g/mol. The number of aliphatic imine (C=N–C) groups is 1. The van der Waals surface area contributed by atoms with Crippen molar-refractivity contribution in [3.05, 3.63) is 45.6 Å². The fraction of sp³-hybridized carbons (Fsp3) is 0.450. The maximum Gasteiger partial charge on any atom is 0.191 e. The second kappa shape index (κ2) is 9.62. The third kappa shape index (κ3) is 5.14. The summed E-state index contributed by atoms with van der Waals surface area (Å²) in [5.74, 6) is 2.27. The van der Waals surface area contributed by atoms with E-state index in [0.717, 1.165) is 49.2 Å². The zero-order valence-electron chi connectivity index (χ0n) is 16.2. The number of benzene rings is 1. The average molecular weight is 389 g/mol. The largest absolute Gasteiger partial charge is 0.493 e. The van der Waals surface area contributed by atoms with E-state index in [1.54, 1.807) is 26.1 Å². The molecule has 2 N–H and O–H groups in total. The molecule has 0 spiro atoms. The van der Waals surface area contributed by atoms with Gasteiger partial charge in [0, 0.05) is 44.6 Å². The Morgan fingerprint density at radius 3 is 2.81 bits per heavy atom. The number of hydrogen-bond acceptors (Lipinski definition) is 5. The smallest absolute Gasteiger partial charge is 0.191 e. The topological polar surface area (TPSA) is 58.1 Å². The van der Waals surface area contributed by atoms with Crippen LogP contribution in [0.25, 0.3) is 0 Å². The molecular formula is C20H28N4O2S. The highest BCUT2D eigenvalue weighted by Crippen LogP contribution is 2.27. The maximum atomic E-state index is 5.36. The van der Waals surface area contributed by atoms with E-state index < -0.39 is 0 Å². The zero-order chi connectivity index (χ0) is 19.1. The number of rotatable bonds is 7. The van der Waals surface area contributed by atoms with Crippen molar-refractivity contribution in [1.29, 1.82) is 0 Å². The highest BCUT2D eigenvalue weighted by atomic mass is 32.1. The molecule has 0 radical (unpaired) electrons. The lowest BCUT2D eigenvalue weighted by Crippen LogP contribution is -2.42. The number of methoxy groups -OCH3 is 2.